The van der Waals surface area contributed by atoms with E-state index >= 15 is 0 Å². The lowest BCUT2D eigenvalue weighted by Crippen LogP contribution is -2.32. The molecule has 0 aliphatic heterocycles. The lowest BCUT2D eigenvalue weighted by Gasteiger charge is -2.10. The minimum atomic E-state index is -0.244. The molecule has 0 fully saturated rings. The van der Waals surface area contributed by atoms with Crippen LogP contribution in [-0.2, 0) is 0 Å². The highest BCUT2D eigenvalue weighted by Crippen LogP contribution is 2.17. The molecule has 1 amide bonds. The summed E-state index contributed by atoms with van der Waals surface area (Å²) >= 11 is 5.86. The SMILES string of the molecule is CCCNCCNC(=O)c1ccccc1C(=O)c1ccc(Cl)cc1.Cl. The minimum Gasteiger partial charge on any atom is -0.351 e. The molecule has 0 bridgehead atoms. The van der Waals surface area contributed by atoms with Crippen LogP contribution in [-0.4, -0.2) is 31.3 Å². The van der Waals surface area contributed by atoms with Gasteiger partial charge in [0.2, 0.25) is 0 Å². The van der Waals surface area contributed by atoms with E-state index in [0.29, 0.717) is 34.8 Å². The molecule has 25 heavy (non-hydrogen) atoms. The molecule has 0 aromatic heterocycles. The van der Waals surface area contributed by atoms with Gasteiger partial charge in [0.15, 0.2) is 5.78 Å². The Balaban J connectivity index is 0.00000312. The van der Waals surface area contributed by atoms with Crippen molar-refractivity contribution in [3.8, 4) is 0 Å². The van der Waals surface area contributed by atoms with Crippen molar-refractivity contribution in [3.05, 3.63) is 70.2 Å². The monoisotopic (exact) mass is 380 g/mol. The van der Waals surface area contributed by atoms with Gasteiger partial charge in [0.05, 0.1) is 5.56 Å². The molecule has 0 heterocycles. The number of carbonyl (C=O) groups excluding carboxylic acids is 2. The zero-order valence-corrected chi connectivity index (χ0v) is 15.6. The van der Waals surface area contributed by atoms with Crippen LogP contribution in [0.15, 0.2) is 48.5 Å². The fraction of sp³-hybridized carbons (Fsp3) is 0.263. The van der Waals surface area contributed by atoms with Crippen LogP contribution in [0.25, 0.3) is 0 Å². The summed E-state index contributed by atoms with van der Waals surface area (Å²) in [6, 6.07) is 13.5. The van der Waals surface area contributed by atoms with Gasteiger partial charge >= 0.3 is 0 Å². The summed E-state index contributed by atoms with van der Waals surface area (Å²) in [7, 11) is 0. The Morgan fingerprint density at radius 2 is 1.56 bits per heavy atom. The number of amides is 1. The van der Waals surface area contributed by atoms with E-state index in [9.17, 15) is 9.59 Å². The van der Waals surface area contributed by atoms with Gasteiger partial charge < -0.3 is 10.6 Å². The largest absolute Gasteiger partial charge is 0.351 e. The van der Waals surface area contributed by atoms with Crippen LogP contribution >= 0.6 is 24.0 Å². The van der Waals surface area contributed by atoms with Crippen molar-refractivity contribution in [2.75, 3.05) is 19.6 Å². The first-order valence-electron chi connectivity index (χ1n) is 8.01. The van der Waals surface area contributed by atoms with E-state index in [0.717, 1.165) is 13.0 Å². The molecule has 0 aliphatic carbocycles. The Kier molecular flexibility index (Phi) is 9.21. The summed E-state index contributed by atoms with van der Waals surface area (Å²) in [6.07, 6.45) is 1.05. The van der Waals surface area contributed by atoms with Crippen LogP contribution < -0.4 is 10.6 Å². The molecule has 4 nitrogen and oxygen atoms in total. The molecule has 2 aromatic carbocycles. The van der Waals surface area contributed by atoms with Gasteiger partial charge in [-0.1, -0.05) is 36.7 Å². The molecule has 6 heteroatoms. The smallest absolute Gasteiger partial charge is 0.252 e. The Hall–Kier alpha value is -1.88. The van der Waals surface area contributed by atoms with Gasteiger partial charge in [-0.05, 0) is 43.3 Å². The van der Waals surface area contributed by atoms with E-state index in [4.69, 9.17) is 11.6 Å². The highest BCUT2D eigenvalue weighted by atomic mass is 35.5. The first-order chi connectivity index (χ1) is 11.6. The Morgan fingerprint density at radius 1 is 0.920 bits per heavy atom. The molecule has 2 N–H and O–H groups in total. The van der Waals surface area contributed by atoms with E-state index in [1.54, 1.807) is 48.5 Å². The van der Waals surface area contributed by atoms with Crippen LogP contribution in [0.1, 0.15) is 39.6 Å². The second-order valence-corrected chi connectivity index (χ2v) is 5.82. The topological polar surface area (TPSA) is 58.2 Å². The molecular weight excluding hydrogens is 359 g/mol. The van der Waals surface area contributed by atoms with Crippen LogP contribution in [0.5, 0.6) is 0 Å². The van der Waals surface area contributed by atoms with Crippen molar-refractivity contribution < 1.29 is 9.59 Å². The number of rotatable bonds is 8. The number of hydrogen-bond acceptors (Lipinski definition) is 3. The highest BCUT2D eigenvalue weighted by Gasteiger charge is 2.17. The first-order valence-corrected chi connectivity index (χ1v) is 8.39. The lowest BCUT2D eigenvalue weighted by atomic mass is 9.98. The predicted molar refractivity (Wildman–Crippen MR) is 104 cm³/mol. The predicted octanol–water partition coefficient (Wildman–Crippen LogP) is 3.72. The van der Waals surface area contributed by atoms with Gasteiger partial charge in [-0.3, -0.25) is 9.59 Å². The van der Waals surface area contributed by atoms with Gasteiger partial charge in [-0.2, -0.15) is 0 Å². The molecule has 2 aromatic rings. The zero-order valence-electron chi connectivity index (χ0n) is 14.0. The van der Waals surface area contributed by atoms with Crippen molar-refractivity contribution in [1.29, 1.82) is 0 Å². The maximum Gasteiger partial charge on any atom is 0.252 e. The van der Waals surface area contributed by atoms with Gasteiger partial charge in [0.1, 0.15) is 0 Å². The quantitative estimate of drug-likeness (QED) is 0.541. The minimum absolute atomic E-state index is 0. The number of ketones is 1. The van der Waals surface area contributed by atoms with Crippen LogP contribution in [0.4, 0.5) is 0 Å². The summed E-state index contributed by atoms with van der Waals surface area (Å²) in [5, 5.41) is 6.62. The maximum absolute atomic E-state index is 12.7. The molecule has 0 radical (unpaired) electrons. The molecule has 0 saturated carbocycles. The molecule has 0 spiro atoms. The summed E-state index contributed by atoms with van der Waals surface area (Å²) < 4.78 is 0. The fourth-order valence-corrected chi connectivity index (χ4v) is 2.42. The van der Waals surface area contributed by atoms with E-state index < -0.39 is 0 Å². The lowest BCUT2D eigenvalue weighted by molar-refractivity contribution is 0.0942. The molecule has 0 aliphatic rings. The van der Waals surface area contributed by atoms with Crippen molar-refractivity contribution in [2.45, 2.75) is 13.3 Å². The second-order valence-electron chi connectivity index (χ2n) is 5.39. The maximum atomic E-state index is 12.7. The standard InChI is InChI=1S/C19H21ClN2O2.ClH/c1-2-11-21-12-13-22-19(24)17-6-4-3-5-16(17)18(23)14-7-9-15(20)10-8-14;/h3-10,21H,2,11-13H2,1H3,(H,22,24);1H. The summed E-state index contributed by atoms with van der Waals surface area (Å²) in [5.74, 6) is -0.437. The van der Waals surface area contributed by atoms with Gasteiger partial charge in [-0.15, -0.1) is 12.4 Å². The highest BCUT2D eigenvalue weighted by molar-refractivity contribution is 6.30. The molecule has 2 rings (SSSR count). The van der Waals surface area contributed by atoms with E-state index in [1.807, 2.05) is 0 Å². The second kappa shape index (κ2) is 10.9. The Labute approximate surface area is 159 Å². The number of hydrogen-bond donors (Lipinski definition) is 2. The molecular formula is C19H22Cl2N2O2. The van der Waals surface area contributed by atoms with Crippen LogP contribution in [0, 0.1) is 0 Å². The molecule has 0 unspecified atom stereocenters. The van der Waals surface area contributed by atoms with Gasteiger partial charge in [0.25, 0.3) is 5.91 Å². The number of carbonyl (C=O) groups is 2. The van der Waals surface area contributed by atoms with E-state index in [2.05, 4.69) is 17.6 Å². The first kappa shape index (κ1) is 21.2. The van der Waals surface area contributed by atoms with E-state index in [1.165, 1.54) is 0 Å². The average Bonchev–Trinajstić information content (AvgIpc) is 2.61. The summed E-state index contributed by atoms with van der Waals surface area (Å²) in [4.78, 5) is 25.0. The molecule has 134 valence electrons. The normalized spacial score (nSPS) is 10.0. The number of nitrogens with one attached hydrogen (secondary N) is 2. The van der Waals surface area contributed by atoms with E-state index in [-0.39, 0.29) is 24.1 Å². The molecule has 0 saturated heterocycles. The Bertz CT molecular complexity index is 703. The van der Waals surface area contributed by atoms with Gasteiger partial charge in [0, 0.05) is 29.2 Å². The van der Waals surface area contributed by atoms with Crippen LogP contribution in [0.3, 0.4) is 0 Å². The number of benzene rings is 2. The third-order valence-electron chi connectivity index (χ3n) is 3.54. The van der Waals surface area contributed by atoms with Crippen molar-refractivity contribution >= 4 is 35.7 Å². The third-order valence-corrected chi connectivity index (χ3v) is 3.79. The fourth-order valence-electron chi connectivity index (χ4n) is 2.30. The van der Waals surface area contributed by atoms with Crippen molar-refractivity contribution in [3.63, 3.8) is 0 Å². The van der Waals surface area contributed by atoms with Crippen molar-refractivity contribution in [1.82, 2.24) is 10.6 Å². The van der Waals surface area contributed by atoms with Crippen molar-refractivity contribution in [2.24, 2.45) is 0 Å². The van der Waals surface area contributed by atoms with Crippen LogP contribution in [0.2, 0.25) is 5.02 Å². The Morgan fingerprint density at radius 3 is 2.20 bits per heavy atom. The zero-order chi connectivity index (χ0) is 17.4. The molecule has 0 atom stereocenters. The third kappa shape index (κ3) is 6.16. The van der Waals surface area contributed by atoms with Gasteiger partial charge in [-0.25, -0.2) is 0 Å². The average molecular weight is 381 g/mol. The summed E-state index contributed by atoms with van der Waals surface area (Å²) in [6.45, 7) is 4.22. The summed E-state index contributed by atoms with van der Waals surface area (Å²) in [5.41, 5.74) is 1.27. The number of halogens is 2.